The van der Waals surface area contributed by atoms with Gasteiger partial charge in [0.15, 0.2) is 0 Å². The lowest BCUT2D eigenvalue weighted by Gasteiger charge is -2.37. The third kappa shape index (κ3) is 4.80. The molecule has 0 unspecified atom stereocenters. The molecule has 0 fully saturated rings. The SMILES string of the molecule is CCCCCOc1ccc([SiH2]C(c2ccccc2)(c2ccccc2)n2ccnc2)cc1. The lowest BCUT2D eigenvalue weighted by Crippen LogP contribution is -2.46. The second-order valence-electron chi connectivity index (χ2n) is 7.94. The molecule has 158 valence electrons. The summed E-state index contributed by atoms with van der Waals surface area (Å²) in [5.41, 5.74) is 2.59. The standard InChI is InChI=1S/C27H30N2OSi/c1-2-3-10-21-30-25-15-17-26(18-16-25)31-27(29-20-19-28-22-29,23-11-6-4-7-12-23)24-13-8-5-9-14-24/h4-9,11-20,22H,2-3,10,21,31H2,1H3. The third-order valence-corrected chi connectivity index (χ3v) is 8.42. The smallest absolute Gasteiger partial charge is 0.119 e. The Morgan fingerprint density at radius 3 is 2.03 bits per heavy atom. The Hall–Kier alpha value is -3.11. The summed E-state index contributed by atoms with van der Waals surface area (Å²) in [6, 6.07) is 30.4. The van der Waals surface area contributed by atoms with Crippen molar-refractivity contribution in [1.29, 1.82) is 0 Å². The molecule has 3 aromatic carbocycles. The van der Waals surface area contributed by atoms with E-state index >= 15 is 0 Å². The molecule has 4 heteroatoms. The minimum Gasteiger partial charge on any atom is -0.494 e. The number of unbranched alkanes of at least 4 members (excludes halogenated alkanes) is 2. The van der Waals surface area contributed by atoms with E-state index in [1.165, 1.54) is 29.2 Å². The van der Waals surface area contributed by atoms with Crippen LogP contribution in [0.1, 0.15) is 37.3 Å². The first-order chi connectivity index (χ1) is 15.3. The number of ether oxygens (including phenoxy) is 1. The van der Waals surface area contributed by atoms with Gasteiger partial charge in [-0.05, 0) is 29.7 Å². The van der Waals surface area contributed by atoms with E-state index in [0.29, 0.717) is 0 Å². The fourth-order valence-corrected chi connectivity index (χ4v) is 6.53. The van der Waals surface area contributed by atoms with Crippen LogP contribution in [0, 0.1) is 0 Å². The number of hydrogen-bond acceptors (Lipinski definition) is 2. The first kappa shape index (κ1) is 21.1. The second kappa shape index (κ2) is 10.3. The maximum Gasteiger partial charge on any atom is 0.119 e. The van der Waals surface area contributed by atoms with Crippen LogP contribution in [0.2, 0.25) is 0 Å². The molecule has 0 aliphatic carbocycles. The minimum atomic E-state index is -0.846. The van der Waals surface area contributed by atoms with Crippen molar-refractivity contribution < 1.29 is 4.74 Å². The molecule has 31 heavy (non-hydrogen) atoms. The molecule has 1 aromatic heterocycles. The van der Waals surface area contributed by atoms with E-state index in [4.69, 9.17) is 4.74 Å². The highest BCUT2D eigenvalue weighted by atomic mass is 28.2. The summed E-state index contributed by atoms with van der Waals surface area (Å²) in [4.78, 5) is 4.41. The van der Waals surface area contributed by atoms with E-state index in [1.807, 2.05) is 12.5 Å². The summed E-state index contributed by atoms with van der Waals surface area (Å²) in [5, 5.41) is 1.14. The van der Waals surface area contributed by atoms with Crippen molar-refractivity contribution in [1.82, 2.24) is 9.55 Å². The van der Waals surface area contributed by atoms with Gasteiger partial charge < -0.3 is 9.30 Å². The molecule has 3 nitrogen and oxygen atoms in total. The number of aromatic nitrogens is 2. The minimum absolute atomic E-state index is 0.248. The molecule has 0 bridgehead atoms. The highest BCUT2D eigenvalue weighted by molar-refractivity contribution is 6.57. The van der Waals surface area contributed by atoms with Crippen LogP contribution in [0.4, 0.5) is 0 Å². The van der Waals surface area contributed by atoms with E-state index in [0.717, 1.165) is 18.8 Å². The lowest BCUT2D eigenvalue weighted by molar-refractivity contribution is 0.306. The fourth-order valence-electron chi connectivity index (χ4n) is 4.21. The van der Waals surface area contributed by atoms with E-state index in [2.05, 4.69) is 108 Å². The molecular formula is C27H30N2OSi. The van der Waals surface area contributed by atoms with Crippen LogP contribution in [-0.2, 0) is 5.16 Å². The van der Waals surface area contributed by atoms with Gasteiger partial charge >= 0.3 is 0 Å². The first-order valence-electron chi connectivity index (χ1n) is 11.1. The second-order valence-corrected chi connectivity index (χ2v) is 10.1. The third-order valence-electron chi connectivity index (χ3n) is 5.85. The van der Waals surface area contributed by atoms with Crippen molar-refractivity contribution in [2.75, 3.05) is 6.61 Å². The average Bonchev–Trinajstić information content (AvgIpc) is 3.38. The van der Waals surface area contributed by atoms with Crippen LogP contribution in [-0.4, -0.2) is 25.7 Å². The van der Waals surface area contributed by atoms with Crippen molar-refractivity contribution in [2.24, 2.45) is 0 Å². The zero-order valence-electron chi connectivity index (χ0n) is 18.2. The quantitative estimate of drug-likeness (QED) is 0.272. The van der Waals surface area contributed by atoms with Gasteiger partial charge in [0.2, 0.25) is 0 Å². The van der Waals surface area contributed by atoms with Crippen molar-refractivity contribution in [3.8, 4) is 5.75 Å². The highest BCUT2D eigenvalue weighted by Gasteiger charge is 2.36. The van der Waals surface area contributed by atoms with Gasteiger partial charge in [0.25, 0.3) is 0 Å². The number of hydrogen-bond donors (Lipinski definition) is 0. The van der Waals surface area contributed by atoms with Crippen LogP contribution in [0.15, 0.2) is 104 Å². The van der Waals surface area contributed by atoms with Crippen molar-refractivity contribution in [3.05, 3.63) is 115 Å². The Bertz CT molecular complexity index is 992. The molecular weight excluding hydrogens is 396 g/mol. The van der Waals surface area contributed by atoms with Gasteiger partial charge in [-0.3, -0.25) is 0 Å². The molecule has 4 rings (SSSR count). The maximum absolute atomic E-state index is 5.93. The van der Waals surface area contributed by atoms with Gasteiger partial charge in [0, 0.05) is 12.4 Å². The summed E-state index contributed by atoms with van der Waals surface area (Å²) >= 11 is 0. The van der Waals surface area contributed by atoms with Crippen molar-refractivity contribution in [3.63, 3.8) is 0 Å². The molecule has 4 aromatic rings. The molecule has 0 aliphatic heterocycles. The monoisotopic (exact) mass is 426 g/mol. The van der Waals surface area contributed by atoms with Crippen LogP contribution in [0.25, 0.3) is 0 Å². The van der Waals surface area contributed by atoms with E-state index in [-0.39, 0.29) is 5.16 Å². The van der Waals surface area contributed by atoms with Gasteiger partial charge in [0.05, 0.1) is 27.6 Å². The molecule has 1 heterocycles. The van der Waals surface area contributed by atoms with Crippen LogP contribution in [0.5, 0.6) is 5.75 Å². The van der Waals surface area contributed by atoms with Crippen molar-refractivity contribution >= 4 is 14.7 Å². The summed E-state index contributed by atoms with van der Waals surface area (Å²) in [6.45, 7) is 3.00. The predicted molar refractivity (Wildman–Crippen MR) is 131 cm³/mol. The van der Waals surface area contributed by atoms with Crippen molar-refractivity contribution in [2.45, 2.75) is 31.3 Å². The average molecular weight is 427 g/mol. The molecule has 0 saturated heterocycles. The largest absolute Gasteiger partial charge is 0.494 e. The van der Waals surface area contributed by atoms with E-state index in [9.17, 15) is 0 Å². The van der Waals surface area contributed by atoms with Crippen LogP contribution < -0.4 is 9.92 Å². The molecule has 0 N–H and O–H groups in total. The fraction of sp³-hybridized carbons (Fsp3) is 0.222. The van der Waals surface area contributed by atoms with E-state index < -0.39 is 9.52 Å². The molecule has 0 aliphatic rings. The summed E-state index contributed by atoms with van der Waals surface area (Å²) < 4.78 is 8.23. The number of benzene rings is 3. The Balaban J connectivity index is 1.70. The Kier molecular flexibility index (Phi) is 7.00. The van der Waals surface area contributed by atoms with Gasteiger partial charge in [0.1, 0.15) is 5.75 Å². The van der Waals surface area contributed by atoms with Crippen LogP contribution >= 0.6 is 0 Å². The zero-order valence-corrected chi connectivity index (χ0v) is 19.6. The Morgan fingerprint density at radius 2 is 1.48 bits per heavy atom. The molecule has 0 saturated carbocycles. The highest BCUT2D eigenvalue weighted by Crippen LogP contribution is 2.33. The first-order valence-corrected chi connectivity index (χ1v) is 12.6. The lowest BCUT2D eigenvalue weighted by atomic mass is 9.97. The summed E-state index contributed by atoms with van der Waals surface area (Å²) in [6.07, 6.45) is 9.47. The molecule has 0 spiro atoms. The number of imidazole rings is 1. The van der Waals surface area contributed by atoms with Crippen LogP contribution in [0.3, 0.4) is 0 Å². The Labute approximate surface area is 187 Å². The van der Waals surface area contributed by atoms with Gasteiger partial charge in [-0.1, -0.05) is 97.7 Å². The molecule has 0 amide bonds. The molecule has 0 atom stereocenters. The Morgan fingerprint density at radius 1 is 0.839 bits per heavy atom. The van der Waals surface area contributed by atoms with Gasteiger partial charge in [-0.2, -0.15) is 0 Å². The number of rotatable bonds is 10. The topological polar surface area (TPSA) is 27.1 Å². The number of nitrogens with zero attached hydrogens (tertiary/aromatic N) is 2. The normalized spacial score (nSPS) is 11.8. The summed E-state index contributed by atoms with van der Waals surface area (Å²) in [5.74, 6) is 0.960. The van der Waals surface area contributed by atoms with Gasteiger partial charge in [-0.25, -0.2) is 4.98 Å². The van der Waals surface area contributed by atoms with Gasteiger partial charge in [-0.15, -0.1) is 0 Å². The summed E-state index contributed by atoms with van der Waals surface area (Å²) in [7, 11) is -0.846. The maximum atomic E-state index is 5.93. The zero-order chi connectivity index (χ0) is 21.4. The molecule has 0 radical (unpaired) electrons. The van der Waals surface area contributed by atoms with E-state index in [1.54, 1.807) is 0 Å². The predicted octanol–water partition coefficient (Wildman–Crippen LogP) is 4.70.